The zero-order chi connectivity index (χ0) is 13.1. The minimum absolute atomic E-state index is 0.149. The van der Waals surface area contributed by atoms with Crippen LogP contribution in [0, 0.1) is 23.5 Å². The highest BCUT2D eigenvalue weighted by Gasteiger charge is 2.29. The molecule has 0 spiro atoms. The van der Waals surface area contributed by atoms with Gasteiger partial charge in [0.25, 0.3) is 0 Å². The van der Waals surface area contributed by atoms with Crippen LogP contribution < -0.4 is 5.73 Å². The van der Waals surface area contributed by atoms with Crippen LogP contribution in [0.15, 0.2) is 18.2 Å². The summed E-state index contributed by atoms with van der Waals surface area (Å²) in [6, 6.07) is 4.20. The summed E-state index contributed by atoms with van der Waals surface area (Å²) in [5, 5.41) is 0. The number of hydrogen-bond donors (Lipinski definition) is 1. The van der Waals surface area contributed by atoms with Gasteiger partial charge in [-0.2, -0.15) is 0 Å². The predicted octanol–water partition coefficient (Wildman–Crippen LogP) is 3.83. The summed E-state index contributed by atoms with van der Waals surface area (Å²) >= 11 is 0. The summed E-state index contributed by atoms with van der Waals surface area (Å²) < 4.78 is 26.3. The Labute approximate surface area is 107 Å². The first-order valence-corrected chi connectivity index (χ1v) is 6.78. The molecule has 3 atom stereocenters. The second kappa shape index (κ2) is 5.79. The Balaban J connectivity index is 2.23. The molecule has 1 saturated carbocycles. The van der Waals surface area contributed by atoms with Crippen molar-refractivity contribution in [2.24, 2.45) is 17.6 Å². The van der Waals surface area contributed by atoms with E-state index < -0.39 is 11.6 Å². The quantitative estimate of drug-likeness (QED) is 0.870. The summed E-state index contributed by atoms with van der Waals surface area (Å²) in [6.07, 6.45) is 4.84. The summed E-state index contributed by atoms with van der Waals surface area (Å²) in [5.41, 5.74) is 6.71. The lowest BCUT2D eigenvalue weighted by atomic mass is 9.71. The van der Waals surface area contributed by atoms with Crippen molar-refractivity contribution in [2.45, 2.75) is 38.5 Å². The second-order valence-corrected chi connectivity index (χ2v) is 5.44. The van der Waals surface area contributed by atoms with E-state index in [1.54, 1.807) is 6.07 Å². The Morgan fingerprint density at radius 2 is 1.94 bits per heavy atom. The monoisotopic (exact) mass is 253 g/mol. The lowest BCUT2D eigenvalue weighted by Crippen LogP contribution is -2.29. The largest absolute Gasteiger partial charge is 0.330 e. The van der Waals surface area contributed by atoms with Crippen LogP contribution in [-0.4, -0.2) is 6.54 Å². The molecule has 1 aromatic rings. The van der Waals surface area contributed by atoms with Crippen molar-refractivity contribution in [3.8, 4) is 0 Å². The molecule has 100 valence electrons. The van der Waals surface area contributed by atoms with Gasteiger partial charge in [0, 0.05) is 0 Å². The van der Waals surface area contributed by atoms with Crippen LogP contribution in [0.5, 0.6) is 0 Å². The van der Waals surface area contributed by atoms with Gasteiger partial charge < -0.3 is 5.73 Å². The molecule has 1 aromatic carbocycles. The van der Waals surface area contributed by atoms with Crippen molar-refractivity contribution in [2.75, 3.05) is 6.54 Å². The maximum atomic E-state index is 13.3. The highest BCUT2D eigenvalue weighted by molar-refractivity contribution is 5.23. The number of halogens is 2. The van der Waals surface area contributed by atoms with E-state index in [0.717, 1.165) is 12.0 Å². The van der Waals surface area contributed by atoms with Gasteiger partial charge in [-0.15, -0.1) is 0 Å². The maximum Gasteiger partial charge on any atom is 0.159 e. The van der Waals surface area contributed by atoms with E-state index in [0.29, 0.717) is 18.4 Å². The van der Waals surface area contributed by atoms with E-state index in [1.165, 1.54) is 31.4 Å². The summed E-state index contributed by atoms with van der Waals surface area (Å²) in [5.74, 6) is -0.301. The zero-order valence-corrected chi connectivity index (χ0v) is 10.8. The van der Waals surface area contributed by atoms with Crippen molar-refractivity contribution < 1.29 is 8.78 Å². The van der Waals surface area contributed by atoms with E-state index in [2.05, 4.69) is 6.92 Å². The summed E-state index contributed by atoms with van der Waals surface area (Å²) in [7, 11) is 0. The first-order chi connectivity index (χ1) is 8.63. The molecule has 3 heteroatoms. The number of rotatable bonds is 3. The van der Waals surface area contributed by atoms with Crippen LogP contribution in [0.2, 0.25) is 0 Å². The molecule has 1 fully saturated rings. The molecule has 0 bridgehead atoms. The SMILES string of the molecule is CC1CCCCC1C(CN)c1ccc(F)c(F)c1. The van der Waals surface area contributed by atoms with E-state index in [-0.39, 0.29) is 5.92 Å². The molecule has 1 aliphatic rings. The van der Waals surface area contributed by atoms with Gasteiger partial charge >= 0.3 is 0 Å². The van der Waals surface area contributed by atoms with Crippen LogP contribution in [-0.2, 0) is 0 Å². The van der Waals surface area contributed by atoms with Gasteiger partial charge in [0.05, 0.1) is 0 Å². The predicted molar refractivity (Wildman–Crippen MR) is 69.3 cm³/mol. The minimum Gasteiger partial charge on any atom is -0.330 e. The average molecular weight is 253 g/mol. The molecular weight excluding hydrogens is 232 g/mol. The van der Waals surface area contributed by atoms with E-state index in [9.17, 15) is 8.78 Å². The highest BCUT2D eigenvalue weighted by atomic mass is 19.2. The Kier molecular flexibility index (Phi) is 4.33. The summed E-state index contributed by atoms with van der Waals surface area (Å²) in [4.78, 5) is 0. The third-order valence-electron chi connectivity index (χ3n) is 4.32. The van der Waals surface area contributed by atoms with Crippen LogP contribution >= 0.6 is 0 Å². The molecular formula is C15H21F2N. The minimum atomic E-state index is -0.786. The van der Waals surface area contributed by atoms with Gasteiger partial charge in [-0.3, -0.25) is 0 Å². The van der Waals surface area contributed by atoms with Crippen molar-refractivity contribution >= 4 is 0 Å². The van der Waals surface area contributed by atoms with E-state index in [4.69, 9.17) is 5.73 Å². The van der Waals surface area contributed by atoms with Gasteiger partial charge in [0.2, 0.25) is 0 Å². The Morgan fingerprint density at radius 3 is 2.56 bits per heavy atom. The van der Waals surface area contributed by atoms with E-state index in [1.807, 2.05) is 0 Å². The molecule has 1 nitrogen and oxygen atoms in total. The van der Waals surface area contributed by atoms with Crippen molar-refractivity contribution in [1.82, 2.24) is 0 Å². The standard InChI is InChI=1S/C15H21F2N/c1-10-4-2-3-5-12(10)13(9-18)11-6-7-14(16)15(17)8-11/h6-8,10,12-13H,2-5,9,18H2,1H3. The lowest BCUT2D eigenvalue weighted by Gasteiger charge is -2.35. The zero-order valence-electron chi connectivity index (χ0n) is 10.8. The van der Waals surface area contributed by atoms with Crippen molar-refractivity contribution in [3.05, 3.63) is 35.4 Å². The molecule has 2 N–H and O–H groups in total. The molecule has 2 rings (SSSR count). The van der Waals surface area contributed by atoms with Crippen LogP contribution in [0.1, 0.15) is 44.1 Å². The highest BCUT2D eigenvalue weighted by Crippen LogP contribution is 2.39. The van der Waals surface area contributed by atoms with Gasteiger partial charge in [0.15, 0.2) is 11.6 Å². The third kappa shape index (κ3) is 2.72. The van der Waals surface area contributed by atoms with Crippen LogP contribution in [0.25, 0.3) is 0 Å². The normalized spacial score (nSPS) is 26.0. The molecule has 3 unspecified atom stereocenters. The van der Waals surface area contributed by atoms with Gasteiger partial charge in [0.1, 0.15) is 0 Å². The number of benzene rings is 1. The van der Waals surface area contributed by atoms with Gasteiger partial charge in [-0.05, 0) is 48.4 Å². The molecule has 0 amide bonds. The number of hydrogen-bond acceptors (Lipinski definition) is 1. The first kappa shape index (κ1) is 13.5. The fourth-order valence-corrected chi connectivity index (χ4v) is 3.24. The van der Waals surface area contributed by atoms with Gasteiger partial charge in [-0.25, -0.2) is 8.78 Å². The molecule has 0 heterocycles. The molecule has 18 heavy (non-hydrogen) atoms. The smallest absolute Gasteiger partial charge is 0.159 e. The molecule has 0 aliphatic heterocycles. The molecule has 0 aromatic heterocycles. The van der Waals surface area contributed by atoms with Crippen LogP contribution in [0.4, 0.5) is 8.78 Å². The summed E-state index contributed by atoms with van der Waals surface area (Å²) in [6.45, 7) is 2.74. The van der Waals surface area contributed by atoms with Crippen molar-refractivity contribution in [1.29, 1.82) is 0 Å². The van der Waals surface area contributed by atoms with Crippen molar-refractivity contribution in [3.63, 3.8) is 0 Å². The first-order valence-electron chi connectivity index (χ1n) is 6.78. The third-order valence-corrected chi connectivity index (χ3v) is 4.32. The lowest BCUT2D eigenvalue weighted by molar-refractivity contribution is 0.218. The second-order valence-electron chi connectivity index (χ2n) is 5.44. The Bertz CT molecular complexity index is 405. The molecule has 0 radical (unpaired) electrons. The fourth-order valence-electron chi connectivity index (χ4n) is 3.24. The number of nitrogens with two attached hydrogens (primary N) is 1. The van der Waals surface area contributed by atoms with Crippen LogP contribution in [0.3, 0.4) is 0 Å². The maximum absolute atomic E-state index is 13.3. The topological polar surface area (TPSA) is 26.0 Å². The Morgan fingerprint density at radius 1 is 1.22 bits per heavy atom. The van der Waals surface area contributed by atoms with E-state index >= 15 is 0 Å². The Hall–Kier alpha value is -0.960. The fraction of sp³-hybridized carbons (Fsp3) is 0.600. The molecule has 1 aliphatic carbocycles. The molecule has 0 saturated heterocycles. The average Bonchev–Trinajstić information content (AvgIpc) is 2.37. The van der Waals surface area contributed by atoms with Gasteiger partial charge in [-0.1, -0.05) is 32.3 Å².